The number of ether oxygens (including phenoxy) is 1. The minimum absolute atomic E-state index is 0.00741. The standard InChI is InChI=1S/C14H22FN2O7P/c1-3-23-25(21,24-4-2)12(18)9-17-13(19)10(15)8-16(14(17)20)11-6-5-7-22-11/h8,11-12,18H,3-7,9H2,1-2H3/t11-,12-/m0/s1. The molecule has 1 saturated heterocycles. The first-order chi connectivity index (χ1) is 11.8. The van der Waals surface area contributed by atoms with Gasteiger partial charge in [0.05, 0.1) is 26.0 Å². The van der Waals surface area contributed by atoms with Crippen molar-refractivity contribution in [1.82, 2.24) is 9.13 Å². The van der Waals surface area contributed by atoms with Crippen molar-refractivity contribution >= 4 is 7.60 Å². The molecule has 0 bridgehead atoms. The van der Waals surface area contributed by atoms with Gasteiger partial charge in [0, 0.05) is 6.61 Å². The highest BCUT2D eigenvalue weighted by Crippen LogP contribution is 2.52. The van der Waals surface area contributed by atoms with Crippen molar-refractivity contribution in [3.63, 3.8) is 0 Å². The summed E-state index contributed by atoms with van der Waals surface area (Å²) in [6, 6.07) is 0. The molecule has 1 aromatic rings. The van der Waals surface area contributed by atoms with E-state index < -0.39 is 43.3 Å². The molecule has 0 spiro atoms. The number of aromatic nitrogens is 2. The number of aliphatic hydroxyl groups is 1. The van der Waals surface area contributed by atoms with Gasteiger partial charge < -0.3 is 18.9 Å². The van der Waals surface area contributed by atoms with Crippen LogP contribution in [0.5, 0.6) is 0 Å². The molecule has 1 aromatic heterocycles. The van der Waals surface area contributed by atoms with Crippen molar-refractivity contribution in [2.45, 2.75) is 45.3 Å². The minimum atomic E-state index is -3.98. The van der Waals surface area contributed by atoms with Crippen LogP contribution in [0, 0.1) is 5.82 Å². The molecule has 0 amide bonds. The number of rotatable bonds is 8. The highest BCUT2D eigenvalue weighted by atomic mass is 31.2. The van der Waals surface area contributed by atoms with Crippen LogP contribution in [-0.2, 0) is 24.9 Å². The Hall–Kier alpha value is -1.32. The predicted octanol–water partition coefficient (Wildman–Crippen LogP) is 1.04. The molecule has 1 aliphatic rings. The summed E-state index contributed by atoms with van der Waals surface area (Å²) in [6.45, 7) is 2.79. The molecule has 0 radical (unpaired) electrons. The Morgan fingerprint density at radius 2 is 2.04 bits per heavy atom. The van der Waals surface area contributed by atoms with Crippen molar-refractivity contribution in [2.24, 2.45) is 0 Å². The van der Waals surface area contributed by atoms with Gasteiger partial charge in [-0.25, -0.2) is 4.79 Å². The molecule has 9 nitrogen and oxygen atoms in total. The van der Waals surface area contributed by atoms with Crippen LogP contribution < -0.4 is 11.2 Å². The van der Waals surface area contributed by atoms with Gasteiger partial charge in [-0.3, -0.25) is 18.5 Å². The van der Waals surface area contributed by atoms with Crippen LogP contribution >= 0.6 is 7.60 Å². The fraction of sp³-hybridized carbons (Fsp3) is 0.714. The van der Waals surface area contributed by atoms with E-state index in [1.807, 2.05) is 0 Å². The summed E-state index contributed by atoms with van der Waals surface area (Å²) in [7, 11) is -3.98. The van der Waals surface area contributed by atoms with Crippen LogP contribution in [-0.4, -0.2) is 39.9 Å². The van der Waals surface area contributed by atoms with Crippen molar-refractivity contribution in [2.75, 3.05) is 19.8 Å². The zero-order chi connectivity index (χ0) is 18.6. The molecular weight excluding hydrogens is 358 g/mol. The van der Waals surface area contributed by atoms with Gasteiger partial charge in [0.1, 0.15) is 6.23 Å². The van der Waals surface area contributed by atoms with Gasteiger partial charge in [-0.2, -0.15) is 4.39 Å². The third-order valence-electron chi connectivity index (χ3n) is 3.70. The molecule has 1 N–H and O–H groups in total. The van der Waals surface area contributed by atoms with Crippen LogP contribution in [0.4, 0.5) is 4.39 Å². The Morgan fingerprint density at radius 1 is 1.40 bits per heavy atom. The molecule has 0 saturated carbocycles. The highest BCUT2D eigenvalue weighted by Gasteiger charge is 2.35. The molecule has 1 fully saturated rings. The first-order valence-corrected chi connectivity index (χ1v) is 9.65. The summed E-state index contributed by atoms with van der Waals surface area (Å²) < 4.78 is 43.2. The molecule has 0 aliphatic carbocycles. The third-order valence-corrected chi connectivity index (χ3v) is 5.83. The number of hydrogen-bond acceptors (Lipinski definition) is 7. The lowest BCUT2D eigenvalue weighted by atomic mass is 10.3. The van der Waals surface area contributed by atoms with Gasteiger partial charge >= 0.3 is 13.3 Å². The van der Waals surface area contributed by atoms with E-state index in [0.717, 1.165) is 10.8 Å². The zero-order valence-electron chi connectivity index (χ0n) is 14.1. The highest BCUT2D eigenvalue weighted by molar-refractivity contribution is 7.54. The van der Waals surface area contributed by atoms with Gasteiger partial charge in [0.2, 0.25) is 5.82 Å². The van der Waals surface area contributed by atoms with Crippen LogP contribution in [0.15, 0.2) is 15.8 Å². The van der Waals surface area contributed by atoms with Crippen molar-refractivity contribution in [3.05, 3.63) is 32.9 Å². The Labute approximate surface area is 143 Å². The lowest BCUT2D eigenvalue weighted by molar-refractivity contribution is 0.0495. The number of hydrogen-bond donors (Lipinski definition) is 1. The minimum Gasteiger partial charge on any atom is -0.379 e. The van der Waals surface area contributed by atoms with E-state index in [0.29, 0.717) is 24.0 Å². The number of nitrogens with zero attached hydrogens (tertiary/aromatic N) is 2. The van der Waals surface area contributed by atoms with E-state index in [4.69, 9.17) is 13.8 Å². The third kappa shape index (κ3) is 4.27. The van der Waals surface area contributed by atoms with E-state index in [9.17, 15) is 23.7 Å². The summed E-state index contributed by atoms with van der Waals surface area (Å²) in [5, 5.41) is 10.2. The van der Waals surface area contributed by atoms with E-state index in [1.54, 1.807) is 13.8 Å². The maximum atomic E-state index is 14.0. The SMILES string of the molecule is CCOP(=O)(OCC)[C@H](O)Cn1c(=O)c(F)cn([C@@H]2CCCO2)c1=O. The fourth-order valence-electron chi connectivity index (χ4n) is 2.57. The second kappa shape index (κ2) is 8.37. The average Bonchev–Trinajstić information content (AvgIpc) is 3.09. The largest absolute Gasteiger partial charge is 0.379 e. The number of halogens is 1. The van der Waals surface area contributed by atoms with Crippen molar-refractivity contribution < 1.29 is 27.8 Å². The molecule has 1 aliphatic heterocycles. The lowest BCUT2D eigenvalue weighted by Crippen LogP contribution is -2.44. The van der Waals surface area contributed by atoms with Gasteiger partial charge in [0.15, 0.2) is 5.85 Å². The Morgan fingerprint density at radius 3 is 2.56 bits per heavy atom. The molecular formula is C14H22FN2O7P. The molecule has 2 atom stereocenters. The summed E-state index contributed by atoms with van der Waals surface area (Å²) in [5.41, 5.74) is -2.09. The predicted molar refractivity (Wildman–Crippen MR) is 86.0 cm³/mol. The van der Waals surface area contributed by atoms with Crippen LogP contribution in [0.2, 0.25) is 0 Å². The quantitative estimate of drug-likeness (QED) is 0.671. The van der Waals surface area contributed by atoms with E-state index in [2.05, 4.69) is 0 Å². The second-order valence-corrected chi connectivity index (χ2v) is 7.60. The van der Waals surface area contributed by atoms with E-state index in [-0.39, 0.29) is 13.2 Å². The van der Waals surface area contributed by atoms with Gasteiger partial charge in [0.25, 0.3) is 5.56 Å². The van der Waals surface area contributed by atoms with Crippen molar-refractivity contribution in [1.29, 1.82) is 0 Å². The Bertz CT molecular complexity index is 747. The fourth-order valence-corrected chi connectivity index (χ4v) is 4.07. The van der Waals surface area contributed by atoms with Gasteiger partial charge in [-0.05, 0) is 26.7 Å². The lowest BCUT2D eigenvalue weighted by Gasteiger charge is -2.23. The monoisotopic (exact) mass is 380 g/mol. The topological polar surface area (TPSA) is 109 Å². The Balaban J connectivity index is 2.39. The maximum absolute atomic E-state index is 14.0. The Kier molecular flexibility index (Phi) is 6.70. The smallest absolute Gasteiger partial charge is 0.360 e. The summed E-state index contributed by atoms with van der Waals surface area (Å²) >= 11 is 0. The van der Waals surface area contributed by atoms with Crippen LogP contribution in [0.25, 0.3) is 0 Å². The van der Waals surface area contributed by atoms with Crippen LogP contribution in [0.1, 0.15) is 32.9 Å². The molecule has 142 valence electrons. The molecule has 0 aromatic carbocycles. The molecule has 25 heavy (non-hydrogen) atoms. The molecule has 11 heteroatoms. The van der Waals surface area contributed by atoms with E-state index in [1.165, 1.54) is 0 Å². The molecule has 2 heterocycles. The molecule has 2 rings (SSSR count). The van der Waals surface area contributed by atoms with Gasteiger partial charge in [-0.1, -0.05) is 0 Å². The van der Waals surface area contributed by atoms with E-state index >= 15 is 0 Å². The first kappa shape index (κ1) is 20.0. The summed E-state index contributed by atoms with van der Waals surface area (Å²) in [4.78, 5) is 24.5. The van der Waals surface area contributed by atoms with Crippen molar-refractivity contribution in [3.8, 4) is 0 Å². The zero-order valence-corrected chi connectivity index (χ0v) is 15.0. The summed E-state index contributed by atoms with van der Waals surface area (Å²) in [5.74, 6) is -2.97. The molecule has 0 unspecified atom stereocenters. The number of aliphatic hydroxyl groups excluding tert-OH is 1. The van der Waals surface area contributed by atoms with Crippen LogP contribution in [0.3, 0.4) is 0 Å². The first-order valence-electron chi connectivity index (χ1n) is 8.04. The average molecular weight is 380 g/mol. The van der Waals surface area contributed by atoms with Gasteiger partial charge in [-0.15, -0.1) is 0 Å². The second-order valence-electron chi connectivity index (χ2n) is 5.41. The maximum Gasteiger partial charge on any atom is 0.360 e. The summed E-state index contributed by atoms with van der Waals surface area (Å²) in [6.07, 6.45) is 1.30. The normalized spacial score (nSPS) is 19.3.